The number of halogens is 1. The Morgan fingerprint density at radius 1 is 0.903 bits per heavy atom. The lowest BCUT2D eigenvalue weighted by Crippen LogP contribution is -2.34. The number of carbonyl (C=O) groups excluding carboxylic acids is 2. The molecular weight excluding hydrogens is 410 g/mol. The van der Waals surface area contributed by atoms with Gasteiger partial charge < -0.3 is 10.6 Å². The Morgan fingerprint density at radius 2 is 1.39 bits per heavy atom. The smallest absolute Gasteiger partial charge is 0.264 e. The third kappa shape index (κ3) is 5.71. The first kappa shape index (κ1) is 25.0. The number of nitrogens with one attached hydrogen (secondary N) is 2. The summed E-state index contributed by atoms with van der Waals surface area (Å²) in [5.41, 5.74) is 4.67. The van der Waals surface area contributed by atoms with E-state index < -0.39 is 7.26 Å². The van der Waals surface area contributed by atoms with E-state index in [0.29, 0.717) is 23.0 Å². The molecule has 0 heterocycles. The van der Waals surface area contributed by atoms with Gasteiger partial charge in [-0.1, -0.05) is 18.2 Å². The molecule has 0 fully saturated rings. The highest BCUT2D eigenvalue weighted by Crippen LogP contribution is 2.62. The van der Waals surface area contributed by atoms with Gasteiger partial charge in [-0.15, -0.1) is 0 Å². The normalized spacial score (nSPS) is 12.4. The van der Waals surface area contributed by atoms with Crippen LogP contribution in [-0.4, -0.2) is 36.0 Å². The Kier molecular flexibility index (Phi) is 8.36. The molecule has 4 nitrogen and oxygen atoms in total. The van der Waals surface area contributed by atoms with Gasteiger partial charge in [-0.2, -0.15) is 0 Å². The third-order valence-electron chi connectivity index (χ3n) is 6.41. The number of hydrogen-bond donors (Lipinski definition) is 2. The Morgan fingerprint density at radius 3 is 1.87 bits per heavy atom. The van der Waals surface area contributed by atoms with Gasteiger partial charge in [0.2, 0.25) is 0 Å². The Bertz CT molecular complexity index is 927. The van der Waals surface area contributed by atoms with Crippen LogP contribution in [0.1, 0.15) is 43.0 Å². The number of rotatable bonds is 8. The zero-order chi connectivity index (χ0) is 23.3. The molecule has 2 N–H and O–H groups in total. The Labute approximate surface area is 186 Å². The number of amides is 2. The molecule has 0 bridgehead atoms. The minimum absolute atomic E-state index is 0.0387. The molecule has 2 amide bonds. The SMILES string of the molecule is CC[P+](CC)(CC(=O)Nc1c(C)cccc1C)C(C)C(=O)Nc1c(C)cc(F)cc1C. The van der Waals surface area contributed by atoms with E-state index >= 15 is 0 Å². The van der Waals surface area contributed by atoms with Gasteiger partial charge in [-0.25, -0.2) is 4.39 Å². The summed E-state index contributed by atoms with van der Waals surface area (Å²) in [7, 11) is -1.90. The Hall–Kier alpha value is -2.26. The summed E-state index contributed by atoms with van der Waals surface area (Å²) in [5, 5.41) is 6.10. The van der Waals surface area contributed by atoms with Gasteiger partial charge in [0.1, 0.15) is 17.6 Å². The van der Waals surface area contributed by atoms with Crippen LogP contribution in [0.25, 0.3) is 0 Å². The van der Waals surface area contributed by atoms with E-state index in [2.05, 4.69) is 24.5 Å². The molecule has 0 radical (unpaired) electrons. The van der Waals surface area contributed by atoms with Crippen molar-refractivity contribution < 1.29 is 14.0 Å². The zero-order valence-electron chi connectivity index (χ0n) is 19.7. The van der Waals surface area contributed by atoms with Gasteiger partial charge in [0.05, 0.1) is 12.3 Å². The predicted molar refractivity (Wildman–Crippen MR) is 131 cm³/mol. The van der Waals surface area contributed by atoms with Gasteiger partial charge in [0.15, 0.2) is 0 Å². The molecule has 0 aliphatic carbocycles. The number of aryl methyl sites for hydroxylation is 4. The zero-order valence-corrected chi connectivity index (χ0v) is 20.6. The molecule has 2 aromatic rings. The number of benzene rings is 2. The molecule has 31 heavy (non-hydrogen) atoms. The van der Waals surface area contributed by atoms with Crippen LogP contribution in [-0.2, 0) is 9.59 Å². The second kappa shape index (κ2) is 10.4. The van der Waals surface area contributed by atoms with Crippen molar-refractivity contribution >= 4 is 30.5 Å². The van der Waals surface area contributed by atoms with Crippen LogP contribution < -0.4 is 10.6 Å². The van der Waals surface area contributed by atoms with E-state index in [0.717, 1.165) is 29.1 Å². The van der Waals surface area contributed by atoms with Gasteiger partial charge in [-0.05, 0) is 82.9 Å². The van der Waals surface area contributed by atoms with Crippen LogP contribution in [0.5, 0.6) is 0 Å². The van der Waals surface area contributed by atoms with Gasteiger partial charge in [-0.3, -0.25) is 9.59 Å². The molecular formula is C25H35FN2O2P+. The fourth-order valence-electron chi connectivity index (χ4n) is 4.19. The number of hydrogen-bond acceptors (Lipinski definition) is 2. The summed E-state index contributed by atoms with van der Waals surface area (Å²) < 4.78 is 13.6. The average molecular weight is 446 g/mol. The standard InChI is InChI=1S/C25H34FN2O2P/c1-8-31(9-2,15-22(29)27-23-16(3)11-10-12-17(23)4)20(7)25(30)28-24-18(5)13-21(26)14-19(24)6/h10-14,20H,8-9,15H2,1-7H3,(H-,27,28,29,30)/p+1. The molecule has 0 saturated heterocycles. The summed E-state index contributed by atoms with van der Waals surface area (Å²) in [5.74, 6) is -0.453. The average Bonchev–Trinajstić information content (AvgIpc) is 2.71. The van der Waals surface area contributed by atoms with E-state index in [1.54, 1.807) is 13.8 Å². The number of carbonyl (C=O) groups is 2. The number of anilines is 2. The van der Waals surface area contributed by atoms with Crippen molar-refractivity contribution in [2.45, 2.75) is 54.1 Å². The highest BCUT2D eigenvalue weighted by molar-refractivity contribution is 7.78. The van der Waals surface area contributed by atoms with Crippen LogP contribution in [0.4, 0.5) is 15.8 Å². The van der Waals surface area contributed by atoms with Crippen LogP contribution in [0.15, 0.2) is 30.3 Å². The molecule has 1 unspecified atom stereocenters. The molecule has 0 aliphatic rings. The fraction of sp³-hybridized carbons (Fsp3) is 0.440. The molecule has 2 aromatic carbocycles. The first-order valence-corrected chi connectivity index (χ1v) is 13.3. The van der Waals surface area contributed by atoms with E-state index in [1.165, 1.54) is 12.1 Å². The quantitative estimate of drug-likeness (QED) is 0.484. The van der Waals surface area contributed by atoms with Crippen LogP contribution in [0, 0.1) is 33.5 Å². The topological polar surface area (TPSA) is 58.2 Å². The number of para-hydroxylation sites is 1. The fourth-order valence-corrected chi connectivity index (χ4v) is 7.67. The maximum Gasteiger partial charge on any atom is 0.264 e. The van der Waals surface area contributed by atoms with E-state index in [1.807, 2.05) is 39.0 Å². The van der Waals surface area contributed by atoms with Gasteiger partial charge in [0, 0.05) is 18.6 Å². The van der Waals surface area contributed by atoms with Gasteiger partial charge >= 0.3 is 0 Å². The largest absolute Gasteiger partial charge is 0.322 e. The second-order valence-electron chi connectivity index (χ2n) is 8.40. The summed E-state index contributed by atoms with van der Waals surface area (Å²) >= 11 is 0. The van der Waals surface area contributed by atoms with Gasteiger partial charge in [0.25, 0.3) is 11.8 Å². The van der Waals surface area contributed by atoms with Crippen LogP contribution in [0.2, 0.25) is 0 Å². The molecule has 0 aliphatic heterocycles. The molecule has 168 valence electrons. The van der Waals surface area contributed by atoms with E-state index in [-0.39, 0.29) is 23.3 Å². The van der Waals surface area contributed by atoms with Crippen molar-refractivity contribution in [3.63, 3.8) is 0 Å². The maximum atomic E-state index is 13.6. The molecule has 0 aromatic heterocycles. The van der Waals surface area contributed by atoms with E-state index in [9.17, 15) is 14.0 Å². The van der Waals surface area contributed by atoms with Crippen LogP contribution >= 0.6 is 7.26 Å². The second-order valence-corrected chi connectivity index (χ2v) is 13.2. The lowest BCUT2D eigenvalue weighted by Gasteiger charge is -2.30. The predicted octanol–water partition coefficient (Wildman–Crippen LogP) is 6.08. The minimum Gasteiger partial charge on any atom is -0.322 e. The van der Waals surface area contributed by atoms with Crippen molar-refractivity contribution in [3.8, 4) is 0 Å². The Balaban J connectivity index is 2.22. The molecule has 0 saturated carbocycles. The molecule has 2 rings (SSSR count). The highest BCUT2D eigenvalue weighted by Gasteiger charge is 2.46. The summed E-state index contributed by atoms with van der Waals surface area (Å²) in [6.07, 6.45) is 1.98. The molecule has 0 spiro atoms. The van der Waals surface area contributed by atoms with Crippen molar-refractivity contribution in [2.75, 3.05) is 29.1 Å². The molecule has 6 heteroatoms. The first-order valence-electron chi connectivity index (χ1n) is 10.8. The van der Waals surface area contributed by atoms with Crippen LogP contribution in [0.3, 0.4) is 0 Å². The molecule has 1 atom stereocenters. The lowest BCUT2D eigenvalue weighted by molar-refractivity contribution is -0.115. The minimum atomic E-state index is -1.90. The summed E-state index contributed by atoms with van der Waals surface area (Å²) in [6.45, 7) is 13.6. The highest BCUT2D eigenvalue weighted by atomic mass is 31.2. The monoisotopic (exact) mass is 445 g/mol. The lowest BCUT2D eigenvalue weighted by atomic mass is 10.1. The third-order valence-corrected chi connectivity index (χ3v) is 11.7. The van der Waals surface area contributed by atoms with Crippen molar-refractivity contribution in [2.24, 2.45) is 0 Å². The van der Waals surface area contributed by atoms with E-state index in [4.69, 9.17) is 0 Å². The summed E-state index contributed by atoms with van der Waals surface area (Å²) in [4.78, 5) is 26.2. The van der Waals surface area contributed by atoms with Crippen molar-refractivity contribution in [1.29, 1.82) is 0 Å². The first-order chi connectivity index (χ1) is 14.5. The summed E-state index contributed by atoms with van der Waals surface area (Å²) in [6, 6.07) is 8.78. The maximum absolute atomic E-state index is 13.6. The van der Waals surface area contributed by atoms with Crippen molar-refractivity contribution in [1.82, 2.24) is 0 Å². The van der Waals surface area contributed by atoms with Crippen molar-refractivity contribution in [3.05, 3.63) is 58.4 Å².